The number of carbonyl (C=O) groups excluding carboxylic acids is 2. The number of piperidine rings is 1. The van der Waals surface area contributed by atoms with E-state index in [-0.39, 0.29) is 27.6 Å². The molecule has 0 unspecified atom stereocenters. The fourth-order valence-corrected chi connectivity index (χ4v) is 3.21. The third-order valence-electron chi connectivity index (χ3n) is 4.10. The van der Waals surface area contributed by atoms with Crippen LogP contribution in [0.2, 0.25) is 10.0 Å². The summed E-state index contributed by atoms with van der Waals surface area (Å²) in [4.78, 5) is 26.2. The summed E-state index contributed by atoms with van der Waals surface area (Å²) in [6.07, 6.45) is 2.63. The topological polar surface area (TPSA) is 62.6 Å². The van der Waals surface area contributed by atoms with Crippen molar-refractivity contribution in [3.05, 3.63) is 57.7 Å². The zero-order valence-electron chi connectivity index (χ0n) is 13.1. The number of hydrogen-bond acceptors (Lipinski definition) is 3. The van der Waals surface area contributed by atoms with E-state index < -0.39 is 11.7 Å². The second-order valence-corrected chi connectivity index (χ2v) is 6.58. The van der Waals surface area contributed by atoms with Gasteiger partial charge in [0.1, 0.15) is 5.82 Å². The first kappa shape index (κ1) is 17.8. The van der Waals surface area contributed by atoms with Crippen molar-refractivity contribution in [2.45, 2.75) is 18.9 Å². The lowest BCUT2D eigenvalue weighted by molar-refractivity contribution is 0.0667. The summed E-state index contributed by atoms with van der Waals surface area (Å²) in [6, 6.07) is 5.39. The highest BCUT2D eigenvalue weighted by Crippen LogP contribution is 2.25. The lowest BCUT2D eigenvalue weighted by Gasteiger charge is -2.32. The average molecular weight is 385 g/mol. The van der Waals surface area contributed by atoms with Crippen LogP contribution < -0.4 is 5.32 Å². The van der Waals surface area contributed by atoms with Gasteiger partial charge in [-0.3, -0.25) is 9.59 Å². The Balaban J connectivity index is 1.58. The highest BCUT2D eigenvalue weighted by Gasteiger charge is 2.26. The number of nitrogens with one attached hydrogen (secondary N) is 1. The van der Waals surface area contributed by atoms with Crippen LogP contribution in [0.1, 0.15) is 33.8 Å². The molecule has 1 saturated heterocycles. The van der Waals surface area contributed by atoms with Crippen LogP contribution in [0.3, 0.4) is 0 Å². The molecule has 2 heterocycles. The largest absolute Gasteiger partial charge is 0.459 e. The van der Waals surface area contributed by atoms with Crippen LogP contribution in [-0.4, -0.2) is 35.8 Å². The molecule has 0 atom stereocenters. The van der Waals surface area contributed by atoms with Crippen molar-refractivity contribution in [3.63, 3.8) is 0 Å². The van der Waals surface area contributed by atoms with Crippen molar-refractivity contribution in [3.8, 4) is 0 Å². The maximum Gasteiger partial charge on any atom is 0.289 e. The van der Waals surface area contributed by atoms with E-state index in [0.29, 0.717) is 31.7 Å². The Hall–Kier alpha value is -2.05. The molecule has 25 heavy (non-hydrogen) atoms. The molecule has 132 valence electrons. The second kappa shape index (κ2) is 7.45. The highest BCUT2D eigenvalue weighted by molar-refractivity contribution is 6.36. The van der Waals surface area contributed by atoms with Gasteiger partial charge in [-0.15, -0.1) is 0 Å². The zero-order chi connectivity index (χ0) is 18.0. The molecule has 0 spiro atoms. The molecular formula is C17H15Cl2FN2O3. The summed E-state index contributed by atoms with van der Waals surface area (Å²) >= 11 is 11.6. The lowest BCUT2D eigenvalue weighted by Crippen LogP contribution is -2.46. The normalized spacial score (nSPS) is 15.2. The standard InChI is InChI=1S/C17H15Cl2FN2O3/c18-12-9-13(19)14(20)8-11(12)16(23)21-10-3-5-22(6-4-10)17(24)15-2-1-7-25-15/h1-2,7-10H,3-6H2,(H,21,23). The Morgan fingerprint density at radius 1 is 1.20 bits per heavy atom. The zero-order valence-corrected chi connectivity index (χ0v) is 14.6. The van der Waals surface area contributed by atoms with Crippen LogP contribution >= 0.6 is 23.2 Å². The van der Waals surface area contributed by atoms with Crippen LogP contribution in [0.15, 0.2) is 34.9 Å². The molecule has 0 aliphatic carbocycles. The van der Waals surface area contributed by atoms with E-state index in [2.05, 4.69) is 5.32 Å². The number of amides is 2. The smallest absolute Gasteiger partial charge is 0.289 e. The Morgan fingerprint density at radius 2 is 1.92 bits per heavy atom. The SMILES string of the molecule is O=C(NC1CCN(C(=O)c2ccco2)CC1)c1cc(F)c(Cl)cc1Cl. The molecule has 1 aromatic heterocycles. The third-order valence-corrected chi connectivity index (χ3v) is 4.71. The van der Waals surface area contributed by atoms with Gasteiger partial charge >= 0.3 is 0 Å². The second-order valence-electron chi connectivity index (χ2n) is 5.76. The number of furan rings is 1. The molecule has 1 aromatic carbocycles. The number of hydrogen-bond donors (Lipinski definition) is 1. The van der Waals surface area contributed by atoms with Gasteiger partial charge < -0.3 is 14.6 Å². The summed E-state index contributed by atoms with van der Waals surface area (Å²) in [6.45, 7) is 0.986. The van der Waals surface area contributed by atoms with Crippen LogP contribution in [-0.2, 0) is 0 Å². The molecule has 0 bridgehead atoms. The van der Waals surface area contributed by atoms with Crippen molar-refractivity contribution in [1.82, 2.24) is 10.2 Å². The van der Waals surface area contributed by atoms with Gasteiger partial charge in [-0.25, -0.2) is 4.39 Å². The fraction of sp³-hybridized carbons (Fsp3) is 0.294. The number of nitrogens with zero attached hydrogens (tertiary/aromatic N) is 1. The molecule has 1 aliphatic rings. The molecule has 5 nitrogen and oxygen atoms in total. The minimum Gasteiger partial charge on any atom is -0.459 e. The van der Waals surface area contributed by atoms with Gasteiger partial charge in [0.05, 0.1) is 21.9 Å². The highest BCUT2D eigenvalue weighted by atomic mass is 35.5. The summed E-state index contributed by atoms with van der Waals surface area (Å²) < 4.78 is 18.7. The van der Waals surface area contributed by atoms with Gasteiger partial charge in [-0.1, -0.05) is 23.2 Å². The number of benzene rings is 1. The van der Waals surface area contributed by atoms with E-state index in [9.17, 15) is 14.0 Å². The van der Waals surface area contributed by atoms with Crippen molar-refractivity contribution in [2.75, 3.05) is 13.1 Å². The van der Waals surface area contributed by atoms with Gasteiger partial charge in [0, 0.05) is 19.1 Å². The number of carbonyl (C=O) groups is 2. The van der Waals surface area contributed by atoms with Crippen molar-refractivity contribution >= 4 is 35.0 Å². The van der Waals surface area contributed by atoms with E-state index in [1.807, 2.05) is 0 Å². The van der Waals surface area contributed by atoms with Gasteiger partial charge in [0.15, 0.2) is 5.76 Å². The molecular weight excluding hydrogens is 370 g/mol. The Kier molecular flexibility index (Phi) is 5.30. The third kappa shape index (κ3) is 3.96. The predicted octanol–water partition coefficient (Wildman–Crippen LogP) is 3.76. The van der Waals surface area contributed by atoms with Crippen molar-refractivity contribution in [2.24, 2.45) is 0 Å². The first-order chi connectivity index (χ1) is 12.0. The molecule has 0 radical (unpaired) electrons. The van der Waals surface area contributed by atoms with Crippen LogP contribution in [0.5, 0.6) is 0 Å². The Bertz CT molecular complexity index is 787. The van der Waals surface area contributed by atoms with Crippen LogP contribution in [0, 0.1) is 5.82 Å². The van der Waals surface area contributed by atoms with E-state index in [4.69, 9.17) is 27.6 Å². The van der Waals surface area contributed by atoms with Gasteiger partial charge in [0.2, 0.25) is 0 Å². The summed E-state index contributed by atoms with van der Waals surface area (Å²) in [7, 11) is 0. The fourth-order valence-electron chi connectivity index (χ4n) is 2.74. The number of halogens is 3. The Labute approximate surface area is 153 Å². The van der Waals surface area contributed by atoms with Crippen molar-refractivity contribution in [1.29, 1.82) is 0 Å². The summed E-state index contributed by atoms with van der Waals surface area (Å²) in [5.74, 6) is -1.03. The first-order valence-electron chi connectivity index (χ1n) is 7.74. The summed E-state index contributed by atoms with van der Waals surface area (Å²) in [5.41, 5.74) is 0.0395. The molecule has 2 amide bonds. The Morgan fingerprint density at radius 3 is 2.56 bits per heavy atom. The van der Waals surface area contributed by atoms with Gasteiger partial charge in [-0.05, 0) is 37.1 Å². The maximum absolute atomic E-state index is 13.5. The molecule has 2 aromatic rings. The predicted molar refractivity (Wildman–Crippen MR) is 91.5 cm³/mol. The molecule has 8 heteroatoms. The molecule has 1 aliphatic heterocycles. The molecule has 3 rings (SSSR count). The monoisotopic (exact) mass is 384 g/mol. The van der Waals surface area contributed by atoms with Crippen LogP contribution in [0.25, 0.3) is 0 Å². The first-order valence-corrected chi connectivity index (χ1v) is 8.49. The molecule has 1 N–H and O–H groups in total. The quantitative estimate of drug-likeness (QED) is 0.819. The van der Waals surface area contributed by atoms with Crippen molar-refractivity contribution < 1.29 is 18.4 Å². The van der Waals surface area contributed by atoms with Gasteiger partial charge in [-0.2, -0.15) is 0 Å². The molecule has 1 fully saturated rings. The van der Waals surface area contributed by atoms with Crippen LogP contribution in [0.4, 0.5) is 4.39 Å². The maximum atomic E-state index is 13.5. The molecule has 0 saturated carbocycles. The summed E-state index contributed by atoms with van der Waals surface area (Å²) in [5, 5.41) is 2.78. The minimum atomic E-state index is -0.699. The van der Waals surface area contributed by atoms with E-state index in [1.165, 1.54) is 12.3 Å². The van der Waals surface area contributed by atoms with Gasteiger partial charge in [0.25, 0.3) is 11.8 Å². The minimum absolute atomic E-state index is 0.0395. The van der Waals surface area contributed by atoms with E-state index >= 15 is 0 Å². The van der Waals surface area contributed by atoms with E-state index in [0.717, 1.165) is 6.07 Å². The average Bonchev–Trinajstić information content (AvgIpc) is 3.12. The van der Waals surface area contributed by atoms with E-state index in [1.54, 1.807) is 17.0 Å². The number of likely N-dealkylation sites (tertiary alicyclic amines) is 1. The lowest BCUT2D eigenvalue weighted by atomic mass is 10.0. The number of rotatable bonds is 3.